The van der Waals surface area contributed by atoms with Crippen LogP contribution >= 0.6 is 12.2 Å². The van der Waals surface area contributed by atoms with Gasteiger partial charge in [-0.25, -0.2) is 0 Å². The van der Waals surface area contributed by atoms with E-state index in [4.69, 9.17) is 18.0 Å². The molecule has 1 saturated heterocycles. The topological polar surface area (TPSA) is 58.3 Å². The van der Waals surface area contributed by atoms with Gasteiger partial charge in [0.05, 0.1) is 11.8 Å². The number of aromatic nitrogens is 2. The average molecular weight is 291 g/mol. The van der Waals surface area contributed by atoms with Crippen molar-refractivity contribution in [2.45, 2.75) is 31.7 Å². The number of nitrogens with zero attached hydrogens (tertiary/aromatic N) is 4. The Balaban J connectivity index is 1.67. The van der Waals surface area contributed by atoms with Crippen molar-refractivity contribution in [3.63, 3.8) is 0 Å². The van der Waals surface area contributed by atoms with Gasteiger partial charge in [0.1, 0.15) is 4.99 Å². The predicted molar refractivity (Wildman–Crippen MR) is 84.0 cm³/mol. The van der Waals surface area contributed by atoms with Crippen molar-refractivity contribution in [1.82, 2.24) is 15.1 Å². The van der Waals surface area contributed by atoms with Gasteiger partial charge in [0, 0.05) is 32.2 Å². The van der Waals surface area contributed by atoms with Crippen LogP contribution in [0.25, 0.3) is 0 Å². The molecule has 0 aromatic carbocycles. The SMILES string of the molecule is NC(=S)c1ccnnc1N1CCN(C2CCCC2)CC1. The van der Waals surface area contributed by atoms with Gasteiger partial charge in [0.15, 0.2) is 5.82 Å². The lowest BCUT2D eigenvalue weighted by Crippen LogP contribution is -2.50. The molecule has 2 N–H and O–H groups in total. The lowest BCUT2D eigenvalue weighted by atomic mass is 10.1. The molecular weight excluding hydrogens is 270 g/mol. The minimum atomic E-state index is 0.396. The van der Waals surface area contributed by atoms with Crippen LogP contribution in [-0.2, 0) is 0 Å². The molecule has 6 heteroatoms. The summed E-state index contributed by atoms with van der Waals surface area (Å²) in [6, 6.07) is 2.66. The number of rotatable bonds is 3. The van der Waals surface area contributed by atoms with E-state index in [-0.39, 0.29) is 0 Å². The maximum atomic E-state index is 5.77. The molecule has 1 aromatic heterocycles. The van der Waals surface area contributed by atoms with Crippen molar-refractivity contribution >= 4 is 23.0 Å². The average Bonchev–Trinajstić information content (AvgIpc) is 3.02. The molecule has 0 spiro atoms. The van der Waals surface area contributed by atoms with Gasteiger partial charge in [-0.1, -0.05) is 25.1 Å². The standard InChI is InChI=1S/C14H21N5S/c15-13(20)12-5-6-16-17-14(12)19-9-7-18(8-10-19)11-3-1-2-4-11/h5-6,11H,1-4,7-10H2,(H2,15,20). The van der Waals surface area contributed by atoms with Crippen molar-refractivity contribution in [2.75, 3.05) is 31.1 Å². The Hall–Kier alpha value is -1.27. The lowest BCUT2D eigenvalue weighted by molar-refractivity contribution is 0.187. The third-order valence-electron chi connectivity index (χ3n) is 4.42. The second-order valence-corrected chi connectivity index (χ2v) is 6.03. The Bertz CT molecular complexity index is 478. The minimum Gasteiger partial charge on any atom is -0.389 e. The first-order valence-corrected chi connectivity index (χ1v) is 7.77. The third kappa shape index (κ3) is 2.76. The molecule has 1 aromatic rings. The summed E-state index contributed by atoms with van der Waals surface area (Å²) in [6.07, 6.45) is 7.15. The van der Waals surface area contributed by atoms with Gasteiger partial charge in [-0.3, -0.25) is 4.90 Å². The summed E-state index contributed by atoms with van der Waals surface area (Å²) in [7, 11) is 0. The summed E-state index contributed by atoms with van der Waals surface area (Å²) in [5.41, 5.74) is 6.61. The molecule has 0 amide bonds. The number of nitrogens with two attached hydrogens (primary N) is 1. The molecule has 0 radical (unpaired) electrons. The molecule has 2 fully saturated rings. The molecule has 1 aliphatic carbocycles. The van der Waals surface area contributed by atoms with Crippen LogP contribution in [0.1, 0.15) is 31.2 Å². The number of piperazine rings is 1. The molecule has 1 aliphatic heterocycles. The number of thiocarbonyl (C=S) groups is 1. The van der Waals surface area contributed by atoms with E-state index in [1.54, 1.807) is 6.20 Å². The van der Waals surface area contributed by atoms with Gasteiger partial charge in [-0.2, -0.15) is 5.10 Å². The molecule has 0 bridgehead atoms. The minimum absolute atomic E-state index is 0.396. The zero-order chi connectivity index (χ0) is 13.9. The normalized spacial score (nSPS) is 21.3. The summed E-state index contributed by atoms with van der Waals surface area (Å²) in [4.78, 5) is 5.28. The fourth-order valence-electron chi connectivity index (χ4n) is 3.32. The Kier molecular flexibility index (Phi) is 4.12. The molecular formula is C14H21N5S. The first-order valence-electron chi connectivity index (χ1n) is 7.36. The molecule has 1 saturated carbocycles. The van der Waals surface area contributed by atoms with Gasteiger partial charge in [0.25, 0.3) is 0 Å². The van der Waals surface area contributed by atoms with Gasteiger partial charge >= 0.3 is 0 Å². The Labute approximate surface area is 125 Å². The first-order chi connectivity index (χ1) is 9.75. The Morgan fingerprint density at radius 3 is 2.55 bits per heavy atom. The smallest absolute Gasteiger partial charge is 0.161 e. The molecule has 108 valence electrons. The largest absolute Gasteiger partial charge is 0.389 e. The van der Waals surface area contributed by atoms with E-state index in [0.717, 1.165) is 43.6 Å². The summed E-state index contributed by atoms with van der Waals surface area (Å²) in [5.74, 6) is 0.839. The fraction of sp³-hybridized carbons (Fsp3) is 0.643. The van der Waals surface area contributed by atoms with Crippen molar-refractivity contribution < 1.29 is 0 Å². The highest BCUT2D eigenvalue weighted by Gasteiger charge is 2.27. The summed E-state index contributed by atoms with van der Waals surface area (Å²) < 4.78 is 0. The van der Waals surface area contributed by atoms with E-state index in [2.05, 4.69) is 20.0 Å². The van der Waals surface area contributed by atoms with E-state index in [0.29, 0.717) is 4.99 Å². The van der Waals surface area contributed by atoms with Crippen LogP contribution in [0.5, 0.6) is 0 Å². The van der Waals surface area contributed by atoms with E-state index in [1.807, 2.05) is 6.07 Å². The molecule has 3 rings (SSSR count). The molecule has 0 atom stereocenters. The van der Waals surface area contributed by atoms with Crippen molar-refractivity contribution in [1.29, 1.82) is 0 Å². The van der Waals surface area contributed by atoms with Crippen LogP contribution in [-0.4, -0.2) is 52.3 Å². The molecule has 2 aliphatic rings. The summed E-state index contributed by atoms with van der Waals surface area (Å²) in [6.45, 7) is 4.14. The highest BCUT2D eigenvalue weighted by atomic mass is 32.1. The maximum Gasteiger partial charge on any atom is 0.161 e. The van der Waals surface area contributed by atoms with Gasteiger partial charge in [-0.15, -0.1) is 5.10 Å². The summed E-state index contributed by atoms with van der Waals surface area (Å²) >= 11 is 5.10. The van der Waals surface area contributed by atoms with Crippen LogP contribution in [0.2, 0.25) is 0 Å². The molecule has 20 heavy (non-hydrogen) atoms. The van der Waals surface area contributed by atoms with Gasteiger partial charge in [0.2, 0.25) is 0 Å². The van der Waals surface area contributed by atoms with Crippen LogP contribution in [0.4, 0.5) is 5.82 Å². The Morgan fingerprint density at radius 1 is 1.20 bits per heavy atom. The van der Waals surface area contributed by atoms with Crippen molar-refractivity contribution in [3.8, 4) is 0 Å². The van der Waals surface area contributed by atoms with Gasteiger partial charge < -0.3 is 10.6 Å². The fourth-order valence-corrected chi connectivity index (χ4v) is 3.48. The highest BCUT2D eigenvalue weighted by Crippen LogP contribution is 2.25. The Morgan fingerprint density at radius 2 is 1.90 bits per heavy atom. The van der Waals surface area contributed by atoms with Crippen LogP contribution in [0.3, 0.4) is 0 Å². The predicted octanol–water partition coefficient (Wildman–Crippen LogP) is 1.18. The number of anilines is 1. The van der Waals surface area contributed by atoms with Crippen LogP contribution < -0.4 is 10.6 Å². The zero-order valence-electron chi connectivity index (χ0n) is 11.7. The van der Waals surface area contributed by atoms with E-state index in [9.17, 15) is 0 Å². The van der Waals surface area contributed by atoms with Crippen molar-refractivity contribution in [3.05, 3.63) is 17.8 Å². The monoisotopic (exact) mass is 291 g/mol. The van der Waals surface area contributed by atoms with E-state index < -0.39 is 0 Å². The summed E-state index contributed by atoms with van der Waals surface area (Å²) in [5, 5.41) is 8.22. The second-order valence-electron chi connectivity index (χ2n) is 5.59. The van der Waals surface area contributed by atoms with Gasteiger partial charge in [-0.05, 0) is 18.9 Å². The van der Waals surface area contributed by atoms with E-state index in [1.165, 1.54) is 25.7 Å². The second kappa shape index (κ2) is 6.01. The van der Waals surface area contributed by atoms with Crippen LogP contribution in [0, 0.1) is 0 Å². The third-order valence-corrected chi connectivity index (χ3v) is 4.64. The zero-order valence-corrected chi connectivity index (χ0v) is 12.5. The number of hydrogen-bond acceptors (Lipinski definition) is 5. The molecule has 5 nitrogen and oxygen atoms in total. The van der Waals surface area contributed by atoms with Crippen molar-refractivity contribution in [2.24, 2.45) is 5.73 Å². The molecule has 2 heterocycles. The lowest BCUT2D eigenvalue weighted by Gasteiger charge is -2.38. The number of hydrogen-bond donors (Lipinski definition) is 1. The quantitative estimate of drug-likeness (QED) is 0.844. The highest BCUT2D eigenvalue weighted by molar-refractivity contribution is 7.80. The molecule has 0 unspecified atom stereocenters. The van der Waals surface area contributed by atoms with E-state index >= 15 is 0 Å². The maximum absolute atomic E-state index is 5.77. The van der Waals surface area contributed by atoms with Crippen LogP contribution in [0.15, 0.2) is 12.3 Å². The first kappa shape index (κ1) is 13.7.